The van der Waals surface area contributed by atoms with Crippen LogP contribution in [0.25, 0.3) is 0 Å². The van der Waals surface area contributed by atoms with Gasteiger partial charge in [0.2, 0.25) is 0 Å². The SMILES string of the molecule is CC(C)COC(=O)N(Cc1ccccc1N)C(C)C. The summed E-state index contributed by atoms with van der Waals surface area (Å²) in [7, 11) is 0. The van der Waals surface area contributed by atoms with Crippen LogP contribution >= 0.6 is 0 Å². The normalized spacial score (nSPS) is 10.8. The first kappa shape index (κ1) is 15.3. The van der Waals surface area contributed by atoms with Crippen molar-refractivity contribution in [3.05, 3.63) is 29.8 Å². The third-order valence-corrected chi connectivity index (χ3v) is 2.79. The van der Waals surface area contributed by atoms with Crippen LogP contribution in [-0.4, -0.2) is 23.6 Å². The van der Waals surface area contributed by atoms with E-state index >= 15 is 0 Å². The highest BCUT2D eigenvalue weighted by molar-refractivity contribution is 5.68. The van der Waals surface area contributed by atoms with Gasteiger partial charge in [-0.2, -0.15) is 0 Å². The van der Waals surface area contributed by atoms with E-state index < -0.39 is 0 Å². The molecule has 0 radical (unpaired) electrons. The highest BCUT2D eigenvalue weighted by atomic mass is 16.6. The van der Waals surface area contributed by atoms with Crippen molar-refractivity contribution in [3.63, 3.8) is 0 Å². The lowest BCUT2D eigenvalue weighted by atomic mass is 10.1. The second-order valence-electron chi connectivity index (χ2n) is 5.39. The molecule has 0 aliphatic carbocycles. The third-order valence-electron chi connectivity index (χ3n) is 2.79. The quantitative estimate of drug-likeness (QED) is 0.830. The summed E-state index contributed by atoms with van der Waals surface area (Å²) >= 11 is 0. The Morgan fingerprint density at radius 1 is 1.26 bits per heavy atom. The minimum atomic E-state index is -0.285. The topological polar surface area (TPSA) is 55.6 Å². The van der Waals surface area contributed by atoms with Gasteiger partial charge in [0, 0.05) is 11.7 Å². The molecule has 19 heavy (non-hydrogen) atoms. The van der Waals surface area contributed by atoms with Crippen molar-refractivity contribution >= 4 is 11.8 Å². The number of para-hydroxylation sites is 1. The zero-order valence-corrected chi connectivity index (χ0v) is 12.2. The molecule has 0 aromatic heterocycles. The zero-order valence-electron chi connectivity index (χ0n) is 12.2. The Morgan fingerprint density at radius 2 is 1.89 bits per heavy atom. The van der Waals surface area contributed by atoms with E-state index in [1.807, 2.05) is 52.0 Å². The van der Waals surface area contributed by atoms with Crippen molar-refractivity contribution in [1.82, 2.24) is 4.90 Å². The van der Waals surface area contributed by atoms with E-state index in [0.717, 1.165) is 5.56 Å². The second kappa shape index (κ2) is 7.02. The van der Waals surface area contributed by atoms with Gasteiger partial charge in [0.15, 0.2) is 0 Å². The maximum atomic E-state index is 12.1. The summed E-state index contributed by atoms with van der Waals surface area (Å²) in [6.45, 7) is 8.88. The molecular weight excluding hydrogens is 240 g/mol. The number of hydrogen-bond acceptors (Lipinski definition) is 3. The summed E-state index contributed by atoms with van der Waals surface area (Å²) in [6, 6.07) is 7.65. The molecule has 0 aliphatic rings. The summed E-state index contributed by atoms with van der Waals surface area (Å²) < 4.78 is 5.29. The molecule has 4 nitrogen and oxygen atoms in total. The number of nitrogens with zero attached hydrogens (tertiary/aromatic N) is 1. The number of carbonyl (C=O) groups is 1. The number of hydrogen-bond donors (Lipinski definition) is 1. The Hall–Kier alpha value is -1.71. The minimum Gasteiger partial charge on any atom is -0.449 e. The minimum absolute atomic E-state index is 0.0688. The van der Waals surface area contributed by atoms with Crippen LogP contribution in [0.5, 0.6) is 0 Å². The van der Waals surface area contributed by atoms with Crippen molar-refractivity contribution in [3.8, 4) is 0 Å². The predicted octanol–water partition coefficient (Wildman–Crippen LogP) is 3.27. The first-order chi connectivity index (χ1) is 8.91. The number of nitrogens with two attached hydrogens (primary N) is 1. The fraction of sp³-hybridized carbons (Fsp3) is 0.533. The number of rotatable bonds is 5. The van der Waals surface area contributed by atoms with Crippen LogP contribution in [0.2, 0.25) is 0 Å². The van der Waals surface area contributed by atoms with Gasteiger partial charge in [-0.15, -0.1) is 0 Å². The van der Waals surface area contributed by atoms with E-state index in [9.17, 15) is 4.79 Å². The molecule has 0 aliphatic heterocycles. The summed E-state index contributed by atoms with van der Waals surface area (Å²) in [5, 5.41) is 0. The van der Waals surface area contributed by atoms with E-state index in [1.165, 1.54) is 0 Å². The number of anilines is 1. The maximum absolute atomic E-state index is 12.1. The monoisotopic (exact) mass is 264 g/mol. The average Bonchev–Trinajstić information content (AvgIpc) is 2.34. The van der Waals surface area contributed by atoms with Gasteiger partial charge in [0.25, 0.3) is 0 Å². The van der Waals surface area contributed by atoms with Gasteiger partial charge in [-0.05, 0) is 31.4 Å². The summed E-state index contributed by atoms with van der Waals surface area (Å²) in [4.78, 5) is 13.8. The fourth-order valence-electron chi connectivity index (χ4n) is 1.64. The average molecular weight is 264 g/mol. The molecule has 0 unspecified atom stereocenters. The Labute approximate surface area is 115 Å². The van der Waals surface area contributed by atoms with E-state index in [1.54, 1.807) is 4.90 Å². The Balaban J connectivity index is 2.73. The molecule has 0 saturated heterocycles. The van der Waals surface area contributed by atoms with Crippen LogP contribution < -0.4 is 5.73 Å². The van der Waals surface area contributed by atoms with Crippen LogP contribution in [-0.2, 0) is 11.3 Å². The number of amides is 1. The number of benzene rings is 1. The van der Waals surface area contributed by atoms with Gasteiger partial charge in [-0.25, -0.2) is 4.79 Å². The Morgan fingerprint density at radius 3 is 2.42 bits per heavy atom. The molecule has 1 aromatic carbocycles. The molecule has 4 heteroatoms. The fourth-order valence-corrected chi connectivity index (χ4v) is 1.64. The maximum Gasteiger partial charge on any atom is 0.410 e. The largest absolute Gasteiger partial charge is 0.449 e. The van der Waals surface area contributed by atoms with Crippen molar-refractivity contribution in [2.45, 2.75) is 40.3 Å². The molecule has 0 spiro atoms. The van der Waals surface area contributed by atoms with Crippen molar-refractivity contribution in [2.24, 2.45) is 5.92 Å². The van der Waals surface area contributed by atoms with Crippen LogP contribution in [0.4, 0.5) is 10.5 Å². The molecule has 0 bridgehead atoms. The van der Waals surface area contributed by atoms with Gasteiger partial charge < -0.3 is 15.4 Å². The van der Waals surface area contributed by atoms with E-state index in [-0.39, 0.29) is 12.1 Å². The van der Waals surface area contributed by atoms with E-state index in [0.29, 0.717) is 24.8 Å². The van der Waals surface area contributed by atoms with Crippen molar-refractivity contribution in [1.29, 1.82) is 0 Å². The van der Waals surface area contributed by atoms with Gasteiger partial charge in [0.05, 0.1) is 13.2 Å². The number of carbonyl (C=O) groups excluding carboxylic acids is 1. The lowest BCUT2D eigenvalue weighted by Crippen LogP contribution is -2.37. The van der Waals surface area contributed by atoms with Gasteiger partial charge in [0.1, 0.15) is 0 Å². The Bertz CT molecular complexity index is 416. The molecule has 1 aromatic rings. The molecule has 1 amide bonds. The van der Waals surface area contributed by atoms with E-state index in [4.69, 9.17) is 10.5 Å². The second-order valence-corrected chi connectivity index (χ2v) is 5.39. The number of nitrogen functional groups attached to an aromatic ring is 1. The number of ether oxygens (including phenoxy) is 1. The lowest BCUT2D eigenvalue weighted by Gasteiger charge is -2.27. The summed E-state index contributed by atoms with van der Waals surface area (Å²) in [5.74, 6) is 0.333. The molecule has 0 saturated carbocycles. The van der Waals surface area contributed by atoms with Crippen molar-refractivity contribution < 1.29 is 9.53 Å². The predicted molar refractivity (Wildman–Crippen MR) is 77.7 cm³/mol. The third kappa shape index (κ3) is 4.81. The smallest absolute Gasteiger partial charge is 0.410 e. The zero-order chi connectivity index (χ0) is 14.4. The molecule has 106 valence electrons. The lowest BCUT2D eigenvalue weighted by molar-refractivity contribution is 0.0795. The van der Waals surface area contributed by atoms with Crippen LogP contribution in [0.1, 0.15) is 33.3 Å². The highest BCUT2D eigenvalue weighted by Crippen LogP contribution is 2.16. The summed E-state index contributed by atoms with van der Waals surface area (Å²) in [5.41, 5.74) is 7.55. The molecule has 0 fully saturated rings. The van der Waals surface area contributed by atoms with Crippen molar-refractivity contribution in [2.75, 3.05) is 12.3 Å². The standard InChI is InChI=1S/C15H24N2O2/c1-11(2)10-19-15(18)17(12(3)4)9-13-7-5-6-8-14(13)16/h5-8,11-12H,9-10,16H2,1-4H3. The molecule has 0 heterocycles. The first-order valence-corrected chi connectivity index (χ1v) is 6.68. The van der Waals surface area contributed by atoms with Gasteiger partial charge in [-0.1, -0.05) is 32.0 Å². The van der Waals surface area contributed by atoms with E-state index in [2.05, 4.69) is 0 Å². The first-order valence-electron chi connectivity index (χ1n) is 6.68. The van der Waals surface area contributed by atoms with Gasteiger partial charge in [-0.3, -0.25) is 0 Å². The van der Waals surface area contributed by atoms with Crippen LogP contribution in [0, 0.1) is 5.92 Å². The summed E-state index contributed by atoms with van der Waals surface area (Å²) in [6.07, 6.45) is -0.285. The van der Waals surface area contributed by atoms with Crippen LogP contribution in [0.15, 0.2) is 24.3 Å². The van der Waals surface area contributed by atoms with Crippen LogP contribution in [0.3, 0.4) is 0 Å². The highest BCUT2D eigenvalue weighted by Gasteiger charge is 2.19. The molecule has 1 rings (SSSR count). The Kier molecular flexibility index (Phi) is 5.67. The van der Waals surface area contributed by atoms with Gasteiger partial charge >= 0.3 is 6.09 Å². The molecule has 0 atom stereocenters. The molecule has 2 N–H and O–H groups in total. The molecular formula is C15H24N2O2.